The molecule has 38 heavy (non-hydrogen) atoms. The number of methoxy groups -OCH3 is 1. The number of carbonyl (C=O) groups is 3. The highest BCUT2D eigenvalue weighted by molar-refractivity contribution is 6.31. The van der Waals surface area contributed by atoms with Crippen LogP contribution in [0.2, 0.25) is 0 Å². The fourth-order valence-corrected chi connectivity index (χ4v) is 5.40. The van der Waals surface area contributed by atoms with Crippen molar-refractivity contribution in [2.75, 3.05) is 13.7 Å². The van der Waals surface area contributed by atoms with Crippen molar-refractivity contribution in [2.45, 2.75) is 50.3 Å². The second-order valence-corrected chi connectivity index (χ2v) is 9.57. The van der Waals surface area contributed by atoms with E-state index in [0.717, 1.165) is 0 Å². The number of aliphatic hydroxyl groups is 3. The maximum absolute atomic E-state index is 13.6. The summed E-state index contributed by atoms with van der Waals surface area (Å²) in [6.45, 7) is 0.574. The molecule has 5 rings (SSSR count). The fourth-order valence-electron chi connectivity index (χ4n) is 5.40. The molecule has 0 saturated carbocycles. The van der Waals surface area contributed by atoms with Gasteiger partial charge in [-0.05, 0) is 19.1 Å². The highest BCUT2D eigenvalue weighted by atomic mass is 16.7. The van der Waals surface area contributed by atoms with Gasteiger partial charge in [0.1, 0.15) is 41.3 Å². The lowest BCUT2D eigenvalue weighted by Crippen LogP contribution is -2.48. The lowest BCUT2D eigenvalue weighted by atomic mass is 9.72. The molecule has 0 saturated heterocycles. The van der Waals surface area contributed by atoms with Gasteiger partial charge in [-0.15, -0.1) is 0 Å². The molecule has 2 aliphatic carbocycles. The first-order chi connectivity index (χ1) is 18.0. The molecule has 2 aromatic rings. The SMILES string of the molecule is COc1cccc2c1C(=O)c1c(O)c3c(c(O)c1C2=O)C[C@@](O)(C(=O)CO)C[C@@H]3OC1CC=C(O)C(C)O1. The van der Waals surface area contributed by atoms with E-state index >= 15 is 0 Å². The maximum atomic E-state index is 13.6. The summed E-state index contributed by atoms with van der Waals surface area (Å²) in [5.41, 5.74) is -3.52. The Kier molecular flexibility index (Phi) is 6.27. The van der Waals surface area contributed by atoms with Gasteiger partial charge in [0, 0.05) is 36.0 Å². The normalized spacial score (nSPS) is 26.2. The number of aromatic hydroxyl groups is 2. The Morgan fingerprint density at radius 3 is 2.47 bits per heavy atom. The zero-order chi connectivity index (χ0) is 27.5. The average Bonchev–Trinajstić information content (AvgIpc) is 2.90. The summed E-state index contributed by atoms with van der Waals surface area (Å²) in [6.07, 6.45) is -2.44. The number of hydrogen-bond acceptors (Lipinski definition) is 11. The van der Waals surface area contributed by atoms with Crippen molar-refractivity contribution >= 4 is 17.3 Å². The van der Waals surface area contributed by atoms with E-state index in [-0.39, 0.29) is 40.2 Å². The van der Waals surface area contributed by atoms with Crippen LogP contribution in [0.15, 0.2) is 30.0 Å². The van der Waals surface area contributed by atoms with Gasteiger partial charge < -0.3 is 39.7 Å². The van der Waals surface area contributed by atoms with Crippen molar-refractivity contribution in [1.29, 1.82) is 0 Å². The molecule has 0 radical (unpaired) electrons. The van der Waals surface area contributed by atoms with E-state index in [4.69, 9.17) is 14.2 Å². The number of carbonyl (C=O) groups excluding carboxylic acids is 3. The number of rotatable bonds is 5. The van der Waals surface area contributed by atoms with Crippen LogP contribution in [0.1, 0.15) is 68.8 Å². The van der Waals surface area contributed by atoms with E-state index in [0.29, 0.717) is 0 Å². The summed E-state index contributed by atoms with van der Waals surface area (Å²) in [4.78, 5) is 39.6. The van der Waals surface area contributed by atoms with Gasteiger partial charge in [-0.2, -0.15) is 0 Å². The second kappa shape index (κ2) is 9.21. The third-order valence-corrected chi connectivity index (χ3v) is 7.35. The predicted octanol–water partition coefficient (Wildman–Crippen LogP) is 1.75. The Balaban J connectivity index is 1.70. The first-order valence-corrected chi connectivity index (χ1v) is 12.0. The molecule has 11 nitrogen and oxygen atoms in total. The Morgan fingerprint density at radius 1 is 1.11 bits per heavy atom. The minimum absolute atomic E-state index is 0.00728. The maximum Gasteiger partial charge on any atom is 0.202 e. The minimum atomic E-state index is -2.22. The molecule has 2 aromatic carbocycles. The second-order valence-electron chi connectivity index (χ2n) is 9.57. The van der Waals surface area contributed by atoms with Gasteiger partial charge in [-0.25, -0.2) is 0 Å². The van der Waals surface area contributed by atoms with Crippen molar-refractivity contribution in [3.8, 4) is 17.2 Å². The molecule has 3 aliphatic rings. The molecule has 0 aromatic heterocycles. The molecule has 2 unspecified atom stereocenters. The number of ether oxygens (including phenoxy) is 3. The molecule has 5 N–H and O–H groups in total. The summed E-state index contributed by atoms with van der Waals surface area (Å²) in [6, 6.07) is 4.38. The topological polar surface area (TPSA) is 180 Å². The average molecular weight is 526 g/mol. The molecule has 0 fully saturated rings. The van der Waals surface area contributed by atoms with E-state index in [1.807, 2.05) is 0 Å². The summed E-state index contributed by atoms with van der Waals surface area (Å²) >= 11 is 0. The molecular formula is C27H26O11. The smallest absolute Gasteiger partial charge is 0.202 e. The zero-order valence-electron chi connectivity index (χ0n) is 20.6. The number of fused-ring (bicyclic) bond motifs is 3. The molecule has 0 spiro atoms. The third kappa shape index (κ3) is 3.78. The van der Waals surface area contributed by atoms with Gasteiger partial charge in [0.15, 0.2) is 17.9 Å². The van der Waals surface area contributed by atoms with E-state index in [2.05, 4.69) is 0 Å². The molecule has 4 atom stereocenters. The summed E-state index contributed by atoms with van der Waals surface area (Å²) in [5, 5.41) is 53.3. The molecule has 1 aliphatic heterocycles. The van der Waals surface area contributed by atoms with Crippen LogP contribution in [0.4, 0.5) is 0 Å². The summed E-state index contributed by atoms with van der Waals surface area (Å²) < 4.78 is 16.9. The first kappa shape index (κ1) is 25.9. The molecular weight excluding hydrogens is 500 g/mol. The van der Waals surface area contributed by atoms with Gasteiger partial charge in [0.05, 0.1) is 29.9 Å². The Hall–Kier alpha value is -3.77. The highest BCUT2D eigenvalue weighted by Crippen LogP contribution is 2.52. The molecule has 0 amide bonds. The summed E-state index contributed by atoms with van der Waals surface area (Å²) in [7, 11) is 1.33. The number of hydrogen-bond donors (Lipinski definition) is 5. The predicted molar refractivity (Wildman–Crippen MR) is 128 cm³/mol. The van der Waals surface area contributed by atoms with Gasteiger partial charge in [0.2, 0.25) is 5.78 Å². The van der Waals surface area contributed by atoms with Crippen LogP contribution in [0.3, 0.4) is 0 Å². The standard InChI is InChI=1S/C27H26O11/c1-11-14(29)6-7-18(37-11)38-16-9-27(35,17(30)10-28)8-13-20(16)26(34)22-21(24(13)32)23(31)12-4-3-5-15(36-2)19(12)25(22)33/h3-6,11,16,18,28-29,32,34-35H,7-10H2,1-2H3/t11?,16-,18?,27-/m0/s1. The van der Waals surface area contributed by atoms with Crippen molar-refractivity contribution in [1.82, 2.24) is 0 Å². The van der Waals surface area contributed by atoms with Gasteiger partial charge in [-0.1, -0.05) is 12.1 Å². The van der Waals surface area contributed by atoms with Crippen LogP contribution in [0, 0.1) is 0 Å². The van der Waals surface area contributed by atoms with Crippen molar-refractivity contribution in [3.05, 3.63) is 63.4 Å². The molecule has 1 heterocycles. The van der Waals surface area contributed by atoms with Crippen molar-refractivity contribution in [3.63, 3.8) is 0 Å². The first-order valence-electron chi connectivity index (χ1n) is 12.0. The Bertz CT molecular complexity index is 1410. The van der Waals surface area contributed by atoms with E-state index in [9.17, 15) is 39.9 Å². The minimum Gasteiger partial charge on any atom is -0.510 e. The zero-order valence-corrected chi connectivity index (χ0v) is 20.6. The van der Waals surface area contributed by atoms with E-state index in [1.54, 1.807) is 6.92 Å². The van der Waals surface area contributed by atoms with E-state index < -0.39 is 83.5 Å². The van der Waals surface area contributed by atoms with Gasteiger partial charge in [0.25, 0.3) is 0 Å². The Labute approximate surface area is 216 Å². The van der Waals surface area contributed by atoms with Crippen LogP contribution < -0.4 is 4.74 Å². The lowest BCUT2D eigenvalue weighted by Gasteiger charge is -2.40. The number of Topliss-reactive ketones (excluding diaryl/α,β-unsaturated/α-hetero) is 1. The third-order valence-electron chi connectivity index (χ3n) is 7.35. The number of aliphatic hydroxyl groups excluding tert-OH is 2. The molecule has 0 bridgehead atoms. The van der Waals surface area contributed by atoms with Crippen LogP contribution >= 0.6 is 0 Å². The number of benzene rings is 2. The monoisotopic (exact) mass is 526 g/mol. The van der Waals surface area contributed by atoms with Crippen LogP contribution in [0.5, 0.6) is 17.2 Å². The Morgan fingerprint density at radius 2 is 1.82 bits per heavy atom. The number of phenols is 2. The lowest BCUT2D eigenvalue weighted by molar-refractivity contribution is -0.208. The molecule has 200 valence electrons. The van der Waals surface area contributed by atoms with Gasteiger partial charge in [-0.3, -0.25) is 14.4 Å². The van der Waals surface area contributed by atoms with Crippen molar-refractivity contribution in [2.24, 2.45) is 0 Å². The number of phenolic OH excluding ortho intramolecular Hbond substituents is 2. The molecule has 11 heteroatoms. The number of ketones is 3. The van der Waals surface area contributed by atoms with Crippen LogP contribution in [-0.2, 0) is 20.7 Å². The fraction of sp³-hybridized carbons (Fsp3) is 0.370. The van der Waals surface area contributed by atoms with E-state index in [1.165, 1.54) is 31.4 Å². The summed E-state index contributed by atoms with van der Waals surface area (Å²) in [5.74, 6) is -3.71. The van der Waals surface area contributed by atoms with Crippen molar-refractivity contribution < 1.29 is 54.1 Å². The van der Waals surface area contributed by atoms with Gasteiger partial charge >= 0.3 is 0 Å². The van der Waals surface area contributed by atoms with Crippen LogP contribution in [0.25, 0.3) is 0 Å². The highest BCUT2D eigenvalue weighted by Gasteiger charge is 2.49. The quantitative estimate of drug-likeness (QED) is 0.306. The van der Waals surface area contributed by atoms with Crippen LogP contribution in [-0.4, -0.2) is 74.6 Å². The largest absolute Gasteiger partial charge is 0.510 e.